The first-order chi connectivity index (χ1) is 7.69. The Labute approximate surface area is 91.6 Å². The van der Waals surface area contributed by atoms with E-state index in [2.05, 4.69) is 19.9 Å². The Morgan fingerprint density at radius 1 is 1.38 bits per heavy atom. The van der Waals surface area contributed by atoms with Crippen molar-refractivity contribution in [2.24, 2.45) is 5.73 Å². The normalized spacial score (nSPS) is 10.4. The molecule has 0 saturated carbocycles. The van der Waals surface area contributed by atoms with Crippen molar-refractivity contribution >= 4 is 0 Å². The van der Waals surface area contributed by atoms with Gasteiger partial charge < -0.3 is 10.7 Å². The number of aromatic amines is 1. The predicted molar refractivity (Wildman–Crippen MR) is 58.5 cm³/mol. The van der Waals surface area contributed by atoms with Crippen LogP contribution in [0.25, 0.3) is 11.6 Å². The highest BCUT2D eigenvalue weighted by atomic mass is 16.1. The predicted octanol–water partition coefficient (Wildman–Crippen LogP) is -0.00598. The first kappa shape index (κ1) is 10.4. The molecule has 0 spiro atoms. The summed E-state index contributed by atoms with van der Waals surface area (Å²) in [6.07, 6.45) is 3.33. The van der Waals surface area contributed by atoms with E-state index in [0.29, 0.717) is 17.3 Å². The number of nitrogens with two attached hydrogens (primary N) is 1. The molecular weight excluding hydrogens is 206 g/mol. The molecule has 0 fully saturated rings. The van der Waals surface area contributed by atoms with E-state index in [1.165, 1.54) is 6.07 Å². The minimum Gasteiger partial charge on any atom is -0.325 e. The van der Waals surface area contributed by atoms with Gasteiger partial charge in [0.15, 0.2) is 11.6 Å². The van der Waals surface area contributed by atoms with Crippen LogP contribution in [-0.4, -0.2) is 19.9 Å². The lowest BCUT2D eigenvalue weighted by Gasteiger charge is -2.01. The number of rotatable bonds is 2. The molecule has 3 N–H and O–H groups in total. The SMILES string of the molecule is Cc1cnc(-c2nc(CN)cc(=O)[nH]2)nc1. The van der Waals surface area contributed by atoms with Crippen molar-refractivity contribution in [2.45, 2.75) is 13.5 Å². The van der Waals surface area contributed by atoms with Gasteiger partial charge in [-0.05, 0) is 12.5 Å². The van der Waals surface area contributed by atoms with Crippen molar-refractivity contribution in [3.8, 4) is 11.6 Å². The van der Waals surface area contributed by atoms with Crippen LogP contribution in [0.3, 0.4) is 0 Å². The van der Waals surface area contributed by atoms with Crippen LogP contribution in [0.5, 0.6) is 0 Å². The van der Waals surface area contributed by atoms with Crippen molar-refractivity contribution in [3.63, 3.8) is 0 Å². The highest BCUT2D eigenvalue weighted by Gasteiger charge is 2.05. The van der Waals surface area contributed by atoms with E-state index in [9.17, 15) is 4.79 Å². The molecule has 0 amide bonds. The maximum Gasteiger partial charge on any atom is 0.251 e. The Bertz CT molecular complexity index is 546. The van der Waals surface area contributed by atoms with Crippen LogP contribution in [0.2, 0.25) is 0 Å². The highest BCUT2D eigenvalue weighted by Crippen LogP contribution is 2.06. The van der Waals surface area contributed by atoms with E-state index in [0.717, 1.165) is 5.56 Å². The second-order valence-corrected chi connectivity index (χ2v) is 3.37. The highest BCUT2D eigenvalue weighted by molar-refractivity contribution is 5.42. The number of hydrogen-bond donors (Lipinski definition) is 2. The van der Waals surface area contributed by atoms with Gasteiger partial charge in [0, 0.05) is 25.0 Å². The van der Waals surface area contributed by atoms with E-state index < -0.39 is 0 Å². The van der Waals surface area contributed by atoms with Gasteiger partial charge in [0.2, 0.25) is 0 Å². The first-order valence-corrected chi connectivity index (χ1v) is 4.78. The molecule has 2 heterocycles. The van der Waals surface area contributed by atoms with Crippen LogP contribution >= 0.6 is 0 Å². The topological polar surface area (TPSA) is 97.5 Å². The van der Waals surface area contributed by atoms with Gasteiger partial charge in [0.1, 0.15) is 0 Å². The molecule has 0 radical (unpaired) electrons. The molecule has 0 atom stereocenters. The van der Waals surface area contributed by atoms with Gasteiger partial charge in [-0.25, -0.2) is 15.0 Å². The van der Waals surface area contributed by atoms with Gasteiger partial charge in [-0.1, -0.05) is 0 Å². The fourth-order valence-electron chi connectivity index (χ4n) is 1.23. The summed E-state index contributed by atoms with van der Waals surface area (Å²) in [6.45, 7) is 2.10. The lowest BCUT2D eigenvalue weighted by Crippen LogP contribution is -2.13. The number of aromatic nitrogens is 4. The van der Waals surface area contributed by atoms with Crippen LogP contribution in [-0.2, 0) is 6.54 Å². The van der Waals surface area contributed by atoms with Gasteiger partial charge in [-0.15, -0.1) is 0 Å². The third-order valence-electron chi connectivity index (χ3n) is 2.00. The van der Waals surface area contributed by atoms with E-state index in [1.807, 2.05) is 6.92 Å². The van der Waals surface area contributed by atoms with Crippen molar-refractivity contribution in [1.29, 1.82) is 0 Å². The van der Waals surface area contributed by atoms with Crippen LogP contribution in [0.4, 0.5) is 0 Å². The minimum atomic E-state index is -0.255. The maximum absolute atomic E-state index is 11.3. The Hall–Kier alpha value is -2.08. The molecule has 6 nitrogen and oxygen atoms in total. The fraction of sp³-hybridized carbons (Fsp3) is 0.200. The Kier molecular flexibility index (Phi) is 2.74. The number of nitrogens with zero attached hydrogens (tertiary/aromatic N) is 3. The largest absolute Gasteiger partial charge is 0.325 e. The summed E-state index contributed by atoms with van der Waals surface area (Å²) in [7, 11) is 0. The van der Waals surface area contributed by atoms with Crippen molar-refractivity contribution in [3.05, 3.63) is 40.1 Å². The molecule has 16 heavy (non-hydrogen) atoms. The third kappa shape index (κ3) is 2.12. The zero-order valence-electron chi connectivity index (χ0n) is 8.77. The molecule has 82 valence electrons. The van der Waals surface area contributed by atoms with E-state index in [-0.39, 0.29) is 12.1 Å². The Morgan fingerprint density at radius 3 is 2.69 bits per heavy atom. The van der Waals surface area contributed by atoms with Gasteiger partial charge in [0.05, 0.1) is 5.69 Å². The van der Waals surface area contributed by atoms with E-state index in [4.69, 9.17) is 5.73 Å². The molecule has 0 aliphatic heterocycles. The Morgan fingerprint density at radius 2 is 2.06 bits per heavy atom. The number of nitrogens with one attached hydrogen (secondary N) is 1. The zero-order chi connectivity index (χ0) is 11.5. The standard InChI is InChI=1S/C10H11N5O/c1-6-4-12-9(13-5-6)10-14-7(3-11)2-8(16)15-10/h2,4-5H,3,11H2,1H3,(H,14,15,16). The van der Waals surface area contributed by atoms with Crippen LogP contribution < -0.4 is 11.3 Å². The summed E-state index contributed by atoms with van der Waals surface area (Å²) >= 11 is 0. The van der Waals surface area contributed by atoms with E-state index in [1.54, 1.807) is 12.4 Å². The number of aryl methyl sites for hydroxylation is 1. The number of H-pyrrole nitrogens is 1. The van der Waals surface area contributed by atoms with Crippen molar-refractivity contribution in [2.75, 3.05) is 0 Å². The first-order valence-electron chi connectivity index (χ1n) is 4.78. The molecule has 0 aliphatic rings. The number of hydrogen-bond acceptors (Lipinski definition) is 5. The van der Waals surface area contributed by atoms with E-state index >= 15 is 0 Å². The van der Waals surface area contributed by atoms with Crippen molar-refractivity contribution in [1.82, 2.24) is 19.9 Å². The summed E-state index contributed by atoms with van der Waals surface area (Å²) in [5.74, 6) is 0.728. The van der Waals surface area contributed by atoms with Crippen molar-refractivity contribution < 1.29 is 0 Å². The van der Waals surface area contributed by atoms with Gasteiger partial charge in [-0.2, -0.15) is 0 Å². The minimum absolute atomic E-state index is 0.211. The summed E-state index contributed by atoms with van der Waals surface area (Å²) < 4.78 is 0. The smallest absolute Gasteiger partial charge is 0.251 e. The molecule has 2 aromatic heterocycles. The van der Waals surface area contributed by atoms with Gasteiger partial charge in [-0.3, -0.25) is 4.79 Å². The molecule has 2 rings (SSSR count). The third-order valence-corrected chi connectivity index (χ3v) is 2.00. The summed E-state index contributed by atoms with van der Waals surface area (Å²) in [6, 6.07) is 1.36. The average molecular weight is 217 g/mol. The average Bonchev–Trinajstić information content (AvgIpc) is 2.29. The molecule has 0 aliphatic carbocycles. The zero-order valence-corrected chi connectivity index (χ0v) is 8.77. The molecule has 0 bridgehead atoms. The summed E-state index contributed by atoms with van der Waals surface area (Å²) in [5.41, 5.74) is 6.64. The summed E-state index contributed by atoms with van der Waals surface area (Å²) in [5, 5.41) is 0. The molecule has 0 aromatic carbocycles. The second-order valence-electron chi connectivity index (χ2n) is 3.37. The molecule has 6 heteroatoms. The van der Waals surface area contributed by atoms with Gasteiger partial charge >= 0.3 is 0 Å². The quantitative estimate of drug-likeness (QED) is 0.737. The van der Waals surface area contributed by atoms with Crippen LogP contribution in [0, 0.1) is 6.92 Å². The molecule has 0 unspecified atom stereocenters. The van der Waals surface area contributed by atoms with Gasteiger partial charge in [0.25, 0.3) is 5.56 Å². The lowest BCUT2D eigenvalue weighted by molar-refractivity contribution is 0.940. The molecular formula is C10H11N5O. The Balaban J connectivity index is 2.51. The van der Waals surface area contributed by atoms with Crippen LogP contribution in [0.1, 0.15) is 11.3 Å². The monoisotopic (exact) mass is 217 g/mol. The maximum atomic E-state index is 11.3. The lowest BCUT2D eigenvalue weighted by atomic mass is 10.3. The second kappa shape index (κ2) is 4.19. The fourth-order valence-corrected chi connectivity index (χ4v) is 1.23. The summed E-state index contributed by atoms with van der Waals surface area (Å²) in [4.78, 5) is 26.2. The molecule has 2 aromatic rings. The molecule has 0 saturated heterocycles. The van der Waals surface area contributed by atoms with Crippen LogP contribution in [0.15, 0.2) is 23.3 Å².